The maximum absolute atomic E-state index is 6.34. The molecule has 1 heteroatoms. The Bertz CT molecular complexity index is 2780. The van der Waals surface area contributed by atoms with Gasteiger partial charge in [-0.2, -0.15) is 0 Å². The first-order chi connectivity index (χ1) is 23.3. The van der Waals surface area contributed by atoms with Crippen LogP contribution in [0.5, 0.6) is 0 Å². The molecular formula is C46H28O. The van der Waals surface area contributed by atoms with E-state index in [1.165, 1.54) is 81.9 Å². The van der Waals surface area contributed by atoms with Crippen molar-refractivity contribution in [1.82, 2.24) is 0 Å². The van der Waals surface area contributed by atoms with E-state index in [0.717, 1.165) is 16.6 Å². The number of rotatable bonds is 3. The van der Waals surface area contributed by atoms with E-state index in [0.29, 0.717) is 0 Å². The zero-order valence-corrected chi connectivity index (χ0v) is 25.6. The second-order valence-electron chi connectivity index (χ2n) is 12.4. The van der Waals surface area contributed by atoms with Gasteiger partial charge in [0.2, 0.25) is 0 Å². The second kappa shape index (κ2) is 10.2. The zero-order valence-electron chi connectivity index (χ0n) is 25.6. The molecule has 10 aromatic rings. The molecule has 0 fully saturated rings. The van der Waals surface area contributed by atoms with Crippen LogP contribution in [0, 0.1) is 0 Å². The van der Waals surface area contributed by atoms with E-state index < -0.39 is 0 Å². The second-order valence-corrected chi connectivity index (χ2v) is 12.4. The van der Waals surface area contributed by atoms with E-state index in [1.807, 2.05) is 0 Å². The Morgan fingerprint density at radius 1 is 0.298 bits per heavy atom. The van der Waals surface area contributed by atoms with Crippen molar-refractivity contribution in [3.05, 3.63) is 170 Å². The largest absolute Gasteiger partial charge is 0.456 e. The van der Waals surface area contributed by atoms with Crippen LogP contribution < -0.4 is 0 Å². The van der Waals surface area contributed by atoms with Crippen LogP contribution in [0.2, 0.25) is 0 Å². The van der Waals surface area contributed by atoms with Crippen molar-refractivity contribution in [3.8, 4) is 33.4 Å². The van der Waals surface area contributed by atoms with E-state index in [-0.39, 0.29) is 0 Å². The standard InChI is InChI=1S/C46H28O/c1-2-13-30(14-3-1)44-37-16-6-8-18-39(37)45(40-19-9-7-17-38(40)44)36-23-11-21-34-32(20-10-22-35(34)36)31-25-26-42-41(28-31)46-33-15-5-4-12-29(33)24-27-43(46)47-42/h1-28H. The number of benzene rings is 9. The molecule has 1 heterocycles. The molecule has 0 N–H and O–H groups in total. The summed E-state index contributed by atoms with van der Waals surface area (Å²) in [5.74, 6) is 0. The van der Waals surface area contributed by atoms with Gasteiger partial charge in [0.05, 0.1) is 0 Å². The molecule has 0 aliphatic carbocycles. The van der Waals surface area contributed by atoms with Crippen LogP contribution in [0.3, 0.4) is 0 Å². The average molecular weight is 597 g/mol. The maximum Gasteiger partial charge on any atom is 0.136 e. The summed E-state index contributed by atoms with van der Waals surface area (Å²) in [7, 11) is 0. The molecule has 9 aromatic carbocycles. The number of hydrogen-bond acceptors (Lipinski definition) is 1. The van der Waals surface area contributed by atoms with Gasteiger partial charge in [0.15, 0.2) is 0 Å². The van der Waals surface area contributed by atoms with Crippen LogP contribution in [-0.2, 0) is 0 Å². The number of hydrogen-bond donors (Lipinski definition) is 0. The molecule has 0 bridgehead atoms. The molecule has 0 unspecified atom stereocenters. The molecule has 0 atom stereocenters. The molecule has 0 amide bonds. The van der Waals surface area contributed by atoms with Gasteiger partial charge >= 0.3 is 0 Å². The van der Waals surface area contributed by atoms with Crippen molar-refractivity contribution in [2.24, 2.45) is 0 Å². The number of furan rings is 1. The molecule has 0 saturated carbocycles. The van der Waals surface area contributed by atoms with Crippen molar-refractivity contribution in [1.29, 1.82) is 0 Å². The molecule has 0 saturated heterocycles. The third-order valence-electron chi connectivity index (χ3n) is 9.86. The van der Waals surface area contributed by atoms with Gasteiger partial charge in [-0.15, -0.1) is 0 Å². The lowest BCUT2D eigenvalue weighted by atomic mass is 9.84. The van der Waals surface area contributed by atoms with Crippen molar-refractivity contribution in [2.45, 2.75) is 0 Å². The smallest absolute Gasteiger partial charge is 0.136 e. The Balaban J connectivity index is 1.25. The maximum atomic E-state index is 6.34. The molecule has 0 spiro atoms. The Kier molecular flexibility index (Phi) is 5.64. The third kappa shape index (κ3) is 3.90. The minimum absolute atomic E-state index is 0.914. The highest BCUT2D eigenvalue weighted by Crippen LogP contribution is 2.46. The van der Waals surface area contributed by atoms with Crippen molar-refractivity contribution in [2.75, 3.05) is 0 Å². The van der Waals surface area contributed by atoms with Crippen LogP contribution in [0.15, 0.2) is 174 Å². The van der Waals surface area contributed by atoms with Gasteiger partial charge < -0.3 is 4.42 Å². The molecule has 1 aromatic heterocycles. The summed E-state index contributed by atoms with van der Waals surface area (Å²) >= 11 is 0. The van der Waals surface area contributed by atoms with Crippen molar-refractivity contribution in [3.63, 3.8) is 0 Å². The molecule has 0 aliphatic heterocycles. The minimum Gasteiger partial charge on any atom is -0.456 e. The first-order valence-electron chi connectivity index (χ1n) is 16.2. The summed E-state index contributed by atoms with van der Waals surface area (Å²) < 4.78 is 6.34. The van der Waals surface area contributed by atoms with Crippen molar-refractivity contribution >= 4 is 65.0 Å². The summed E-state index contributed by atoms with van der Waals surface area (Å²) in [6.07, 6.45) is 0. The SMILES string of the molecule is c1ccc(-c2c3ccccc3c(-c3cccc4c(-c5ccc6oc7ccc8ccccc8c7c6c5)cccc34)c3ccccc23)cc1. The van der Waals surface area contributed by atoms with Crippen LogP contribution in [0.4, 0.5) is 0 Å². The molecule has 0 aliphatic rings. The Hall–Kier alpha value is -6.18. The molecule has 0 radical (unpaired) electrons. The Morgan fingerprint density at radius 2 is 0.851 bits per heavy atom. The van der Waals surface area contributed by atoms with E-state index in [2.05, 4.69) is 170 Å². The summed E-state index contributed by atoms with van der Waals surface area (Å²) in [5, 5.41) is 12.3. The first kappa shape index (κ1) is 26.1. The molecule has 47 heavy (non-hydrogen) atoms. The first-order valence-corrected chi connectivity index (χ1v) is 16.2. The van der Waals surface area contributed by atoms with Gasteiger partial charge in [0.1, 0.15) is 11.2 Å². The number of fused-ring (bicyclic) bond motifs is 8. The monoisotopic (exact) mass is 596 g/mol. The molecule has 10 rings (SSSR count). The summed E-state index contributed by atoms with van der Waals surface area (Å²) in [4.78, 5) is 0. The van der Waals surface area contributed by atoms with E-state index in [1.54, 1.807) is 0 Å². The zero-order chi connectivity index (χ0) is 30.9. The molecular weight excluding hydrogens is 569 g/mol. The Morgan fingerprint density at radius 3 is 1.57 bits per heavy atom. The molecule has 218 valence electrons. The quantitative estimate of drug-likeness (QED) is 0.185. The van der Waals surface area contributed by atoms with Crippen LogP contribution in [0.25, 0.3) is 98.4 Å². The summed E-state index contributed by atoms with van der Waals surface area (Å²) in [6.45, 7) is 0. The van der Waals surface area contributed by atoms with Gasteiger partial charge in [0.25, 0.3) is 0 Å². The van der Waals surface area contributed by atoms with E-state index >= 15 is 0 Å². The van der Waals surface area contributed by atoms with E-state index in [4.69, 9.17) is 4.42 Å². The van der Waals surface area contributed by atoms with Crippen LogP contribution >= 0.6 is 0 Å². The highest BCUT2D eigenvalue weighted by molar-refractivity contribution is 6.24. The fourth-order valence-corrected chi connectivity index (χ4v) is 7.83. The third-order valence-corrected chi connectivity index (χ3v) is 9.86. The van der Waals surface area contributed by atoms with Gasteiger partial charge in [-0.3, -0.25) is 0 Å². The predicted octanol–water partition coefficient (Wildman–Crippen LogP) is 13.2. The van der Waals surface area contributed by atoms with Gasteiger partial charge in [-0.25, -0.2) is 0 Å². The van der Waals surface area contributed by atoms with Gasteiger partial charge in [-0.05, 0) is 94.7 Å². The van der Waals surface area contributed by atoms with Crippen molar-refractivity contribution < 1.29 is 4.42 Å². The lowest BCUT2D eigenvalue weighted by Crippen LogP contribution is -1.92. The fourth-order valence-electron chi connectivity index (χ4n) is 7.83. The minimum atomic E-state index is 0.914. The molecule has 1 nitrogen and oxygen atoms in total. The van der Waals surface area contributed by atoms with Gasteiger partial charge in [0, 0.05) is 10.8 Å². The lowest BCUT2D eigenvalue weighted by molar-refractivity contribution is 0.669. The van der Waals surface area contributed by atoms with Gasteiger partial charge in [-0.1, -0.05) is 152 Å². The van der Waals surface area contributed by atoms with Crippen LogP contribution in [0.1, 0.15) is 0 Å². The predicted molar refractivity (Wildman–Crippen MR) is 200 cm³/mol. The summed E-state index contributed by atoms with van der Waals surface area (Å²) in [5.41, 5.74) is 9.29. The lowest BCUT2D eigenvalue weighted by Gasteiger charge is -2.19. The normalized spacial score (nSPS) is 11.8. The van der Waals surface area contributed by atoms with E-state index in [9.17, 15) is 0 Å². The van der Waals surface area contributed by atoms with Crippen LogP contribution in [-0.4, -0.2) is 0 Å². The Labute approximate surface area is 271 Å². The average Bonchev–Trinajstić information content (AvgIpc) is 3.52. The summed E-state index contributed by atoms with van der Waals surface area (Å²) in [6, 6.07) is 61.5. The topological polar surface area (TPSA) is 13.1 Å². The fraction of sp³-hybridized carbons (Fsp3) is 0. The highest BCUT2D eigenvalue weighted by atomic mass is 16.3. The highest BCUT2D eigenvalue weighted by Gasteiger charge is 2.19.